The standard InChI is InChI=1S/C25H29N6O2.ClH/c1-18-4-8-20(9-5-18)24-26-22(32-28-24)16-30-12-14-31(3,15-13-30)17-23-27-25(29-33-23)21-10-6-19(2)7-11-21;/h4-11H,12-17H2,1-3H3;1H/q+1;/p-1. The van der Waals surface area contributed by atoms with E-state index in [1.54, 1.807) is 0 Å². The van der Waals surface area contributed by atoms with E-state index in [9.17, 15) is 0 Å². The van der Waals surface area contributed by atoms with Crippen LogP contribution < -0.4 is 12.4 Å². The largest absolute Gasteiger partial charge is 1.00 e. The van der Waals surface area contributed by atoms with Crippen molar-refractivity contribution in [3.05, 3.63) is 71.4 Å². The van der Waals surface area contributed by atoms with Gasteiger partial charge in [-0.05, 0) is 13.8 Å². The maximum absolute atomic E-state index is 5.57. The molecule has 9 heteroatoms. The van der Waals surface area contributed by atoms with E-state index >= 15 is 0 Å². The van der Waals surface area contributed by atoms with Crippen LogP contribution in [0.25, 0.3) is 22.8 Å². The van der Waals surface area contributed by atoms with E-state index in [0.717, 1.165) is 48.3 Å². The molecule has 0 radical (unpaired) electrons. The molecule has 0 spiro atoms. The van der Waals surface area contributed by atoms with Crippen LogP contribution in [0.5, 0.6) is 0 Å². The highest BCUT2D eigenvalue weighted by molar-refractivity contribution is 5.55. The third kappa shape index (κ3) is 5.52. The lowest BCUT2D eigenvalue weighted by molar-refractivity contribution is -0.927. The Balaban J connectivity index is 0.00000274. The molecule has 4 aromatic rings. The van der Waals surface area contributed by atoms with Gasteiger partial charge in [0.1, 0.15) is 0 Å². The van der Waals surface area contributed by atoms with Gasteiger partial charge >= 0.3 is 0 Å². The minimum absolute atomic E-state index is 0. The smallest absolute Gasteiger partial charge is 0.282 e. The third-order valence-electron chi connectivity index (χ3n) is 6.34. The van der Waals surface area contributed by atoms with Crippen molar-refractivity contribution in [3.63, 3.8) is 0 Å². The summed E-state index contributed by atoms with van der Waals surface area (Å²) < 4.78 is 11.9. The second-order valence-electron chi connectivity index (χ2n) is 9.26. The normalized spacial score (nSPS) is 15.7. The van der Waals surface area contributed by atoms with Gasteiger partial charge in [-0.2, -0.15) is 9.97 Å². The maximum Gasteiger partial charge on any atom is 0.282 e. The van der Waals surface area contributed by atoms with Gasteiger partial charge in [0.2, 0.25) is 17.5 Å². The molecule has 0 unspecified atom stereocenters. The zero-order chi connectivity index (χ0) is 22.8. The monoisotopic (exact) mass is 480 g/mol. The summed E-state index contributed by atoms with van der Waals surface area (Å²) in [5.74, 6) is 2.63. The molecule has 2 aromatic carbocycles. The van der Waals surface area contributed by atoms with Crippen LogP contribution in [0.4, 0.5) is 0 Å². The molecule has 0 atom stereocenters. The highest BCUT2D eigenvalue weighted by Gasteiger charge is 2.31. The summed E-state index contributed by atoms with van der Waals surface area (Å²) in [4.78, 5) is 11.6. The summed E-state index contributed by atoms with van der Waals surface area (Å²) in [5.41, 5.74) is 4.38. The van der Waals surface area contributed by atoms with Gasteiger partial charge in [0, 0.05) is 24.2 Å². The fourth-order valence-corrected chi connectivity index (χ4v) is 4.10. The number of quaternary nitrogens is 1. The molecule has 34 heavy (non-hydrogen) atoms. The molecule has 1 saturated heterocycles. The molecule has 0 amide bonds. The van der Waals surface area contributed by atoms with E-state index < -0.39 is 0 Å². The number of benzene rings is 2. The molecule has 0 N–H and O–H groups in total. The first-order valence-electron chi connectivity index (χ1n) is 11.3. The van der Waals surface area contributed by atoms with Gasteiger partial charge in [0.25, 0.3) is 5.89 Å². The molecule has 0 bridgehead atoms. The number of halogens is 1. The van der Waals surface area contributed by atoms with E-state index in [-0.39, 0.29) is 12.4 Å². The zero-order valence-corrected chi connectivity index (χ0v) is 20.5. The van der Waals surface area contributed by atoms with Crippen molar-refractivity contribution < 1.29 is 25.9 Å². The summed E-state index contributed by atoms with van der Waals surface area (Å²) >= 11 is 0. The molecule has 8 nitrogen and oxygen atoms in total. The number of rotatable bonds is 6. The third-order valence-corrected chi connectivity index (χ3v) is 6.34. The lowest BCUT2D eigenvalue weighted by Crippen LogP contribution is -3.00. The topological polar surface area (TPSA) is 81.1 Å². The van der Waals surface area contributed by atoms with Crippen molar-refractivity contribution >= 4 is 0 Å². The second-order valence-corrected chi connectivity index (χ2v) is 9.26. The molecule has 1 aliphatic rings. The summed E-state index contributed by atoms with van der Waals surface area (Å²) in [6, 6.07) is 16.3. The number of aromatic nitrogens is 4. The molecule has 178 valence electrons. The van der Waals surface area contributed by atoms with Crippen LogP contribution in [-0.2, 0) is 13.1 Å². The highest BCUT2D eigenvalue weighted by atomic mass is 35.5. The Morgan fingerprint density at radius 2 is 1.24 bits per heavy atom. The van der Waals surface area contributed by atoms with Crippen molar-refractivity contribution in [3.8, 4) is 22.8 Å². The fraction of sp³-hybridized carbons (Fsp3) is 0.360. The van der Waals surface area contributed by atoms with E-state index in [1.807, 2.05) is 24.3 Å². The molecule has 1 fully saturated rings. The quantitative estimate of drug-likeness (QED) is 0.379. The van der Waals surface area contributed by atoms with Crippen molar-refractivity contribution in [2.45, 2.75) is 26.9 Å². The first-order valence-corrected chi connectivity index (χ1v) is 11.3. The Morgan fingerprint density at radius 1 is 0.765 bits per heavy atom. The van der Waals surface area contributed by atoms with Crippen LogP contribution in [0.15, 0.2) is 57.6 Å². The van der Waals surface area contributed by atoms with Crippen molar-refractivity contribution in [1.82, 2.24) is 25.2 Å². The fourth-order valence-electron chi connectivity index (χ4n) is 4.10. The summed E-state index contributed by atoms with van der Waals surface area (Å²) in [6.07, 6.45) is 0. The zero-order valence-electron chi connectivity index (χ0n) is 19.7. The SMILES string of the molecule is Cc1ccc(-c2noc(CN3CC[N+](C)(Cc4nc(-c5ccc(C)cc5)no4)CC3)n2)cc1.[Cl-]. The molecule has 2 aromatic heterocycles. The van der Waals surface area contributed by atoms with E-state index in [0.29, 0.717) is 30.0 Å². The summed E-state index contributed by atoms with van der Waals surface area (Å²) in [7, 11) is 2.25. The van der Waals surface area contributed by atoms with Crippen LogP contribution in [0.2, 0.25) is 0 Å². The van der Waals surface area contributed by atoms with E-state index in [1.165, 1.54) is 11.1 Å². The number of likely N-dealkylation sites (N-methyl/N-ethyl adjacent to an activating group) is 1. The Bertz CT molecular complexity index is 1210. The van der Waals surface area contributed by atoms with E-state index in [4.69, 9.17) is 9.05 Å². The minimum Gasteiger partial charge on any atom is -1.00 e. The van der Waals surface area contributed by atoms with Crippen LogP contribution in [0.3, 0.4) is 0 Å². The number of hydrogen-bond acceptors (Lipinski definition) is 7. The molecule has 3 heterocycles. The van der Waals surface area contributed by atoms with Crippen molar-refractivity contribution in [1.29, 1.82) is 0 Å². The molecular formula is C25H29ClN6O2. The predicted octanol–water partition coefficient (Wildman–Crippen LogP) is 0.870. The lowest BCUT2D eigenvalue weighted by atomic mass is 10.1. The number of nitrogens with zero attached hydrogens (tertiary/aromatic N) is 6. The van der Waals surface area contributed by atoms with Gasteiger partial charge in [-0.3, -0.25) is 4.90 Å². The molecule has 0 saturated carbocycles. The second kappa shape index (κ2) is 10.0. The van der Waals surface area contributed by atoms with Crippen LogP contribution in [0.1, 0.15) is 22.9 Å². The van der Waals surface area contributed by atoms with Crippen LogP contribution in [0, 0.1) is 13.8 Å². The van der Waals surface area contributed by atoms with Gasteiger partial charge < -0.3 is 25.9 Å². The maximum atomic E-state index is 5.57. The van der Waals surface area contributed by atoms with Gasteiger partial charge in [0.15, 0.2) is 6.54 Å². The highest BCUT2D eigenvalue weighted by Crippen LogP contribution is 2.21. The van der Waals surface area contributed by atoms with Crippen molar-refractivity contribution in [2.24, 2.45) is 0 Å². The predicted molar refractivity (Wildman–Crippen MR) is 124 cm³/mol. The average molecular weight is 481 g/mol. The number of hydrogen-bond donors (Lipinski definition) is 0. The molecular weight excluding hydrogens is 452 g/mol. The van der Waals surface area contributed by atoms with Gasteiger partial charge in [-0.1, -0.05) is 70.0 Å². The minimum atomic E-state index is 0. The van der Waals surface area contributed by atoms with Crippen LogP contribution in [-0.4, -0.2) is 62.9 Å². The van der Waals surface area contributed by atoms with Gasteiger partial charge in [-0.25, -0.2) is 0 Å². The Labute approximate surface area is 205 Å². The Kier molecular flexibility index (Phi) is 7.11. The molecule has 0 aliphatic carbocycles. The summed E-state index contributed by atoms with van der Waals surface area (Å²) in [5, 5.41) is 8.34. The average Bonchev–Trinajstić information content (AvgIpc) is 3.46. The Morgan fingerprint density at radius 3 is 1.76 bits per heavy atom. The molecule has 5 rings (SSSR count). The summed E-state index contributed by atoms with van der Waals surface area (Å²) in [6.45, 7) is 9.38. The number of piperazine rings is 1. The Hall–Kier alpha value is -3.07. The molecule has 1 aliphatic heterocycles. The first kappa shape index (κ1) is 24.1. The first-order chi connectivity index (χ1) is 16.0. The van der Waals surface area contributed by atoms with Crippen molar-refractivity contribution in [2.75, 3.05) is 33.2 Å². The van der Waals surface area contributed by atoms with Crippen LogP contribution >= 0.6 is 0 Å². The van der Waals surface area contributed by atoms with E-state index in [2.05, 4.69) is 70.3 Å². The number of aryl methyl sites for hydroxylation is 2. The lowest BCUT2D eigenvalue weighted by Gasteiger charge is -2.40. The van der Waals surface area contributed by atoms with Gasteiger partial charge in [-0.15, -0.1) is 0 Å². The van der Waals surface area contributed by atoms with Gasteiger partial charge in [0.05, 0.1) is 26.7 Å².